The second-order valence-electron chi connectivity index (χ2n) is 14.8. The minimum Gasteiger partial charge on any atom is -0.468 e. The normalized spacial score (nSPS) is 21.7. The molecule has 340 valence electrons. The zero-order valence-corrected chi connectivity index (χ0v) is 39.4. The van der Waals surface area contributed by atoms with Crippen LogP contribution in [0.5, 0.6) is 17.2 Å². The molecule has 3 atom stereocenters. The monoisotopic (exact) mass is 980 g/mol. The van der Waals surface area contributed by atoms with Gasteiger partial charge in [0.15, 0.2) is 0 Å². The van der Waals surface area contributed by atoms with Gasteiger partial charge in [-0.3, -0.25) is 4.52 Å². The molecule has 3 aliphatic rings. The van der Waals surface area contributed by atoms with Crippen LogP contribution in [0.3, 0.4) is 0 Å². The maximum Gasteiger partial charge on any atom is 0.457 e. The van der Waals surface area contributed by atoms with E-state index in [1.807, 2.05) is 79.7 Å². The van der Waals surface area contributed by atoms with E-state index in [1.54, 1.807) is 12.1 Å². The first-order valence-corrected chi connectivity index (χ1v) is 27.6. The van der Waals surface area contributed by atoms with Crippen molar-refractivity contribution in [3.8, 4) is 28.4 Å². The molecule has 0 amide bonds. The molecule has 16 nitrogen and oxygen atoms in total. The summed E-state index contributed by atoms with van der Waals surface area (Å²) >= 11 is 7.45. The number of sulfonamides is 1. The van der Waals surface area contributed by atoms with Gasteiger partial charge in [-0.25, -0.2) is 13.2 Å². The fraction of sp³-hybridized carbons (Fsp3) is 0.250. The van der Waals surface area contributed by atoms with Crippen molar-refractivity contribution in [1.82, 2.24) is 4.72 Å². The van der Waals surface area contributed by atoms with Gasteiger partial charge in [-0.05, 0) is 81.7 Å². The van der Waals surface area contributed by atoms with Gasteiger partial charge in [0.2, 0.25) is 10.0 Å². The Labute approximate surface area is 380 Å². The Morgan fingerprint density at radius 1 is 0.662 bits per heavy atom. The molecule has 6 aromatic rings. The van der Waals surface area contributed by atoms with Crippen molar-refractivity contribution < 1.29 is 54.8 Å². The van der Waals surface area contributed by atoms with Crippen LogP contribution in [0.4, 0.5) is 0 Å². The van der Waals surface area contributed by atoms with Crippen molar-refractivity contribution in [3.63, 3.8) is 0 Å². The molecule has 3 aliphatic heterocycles. The highest BCUT2D eigenvalue weighted by atomic mass is 35.7. The average molecular weight is 981 g/mol. The summed E-state index contributed by atoms with van der Waals surface area (Å²) in [5.41, 5.74) is 2.68. The van der Waals surface area contributed by atoms with Crippen LogP contribution < -0.4 is 18.3 Å². The lowest BCUT2D eigenvalue weighted by molar-refractivity contribution is -0.142. The summed E-state index contributed by atoms with van der Waals surface area (Å²) < 4.78 is 100. The summed E-state index contributed by atoms with van der Waals surface area (Å²) in [6.07, 6.45) is 0. The smallest absolute Gasteiger partial charge is 0.457 e. The Hall–Kier alpha value is -4.60. The number of hydrogen-bond acceptors (Lipinski definition) is 15. The van der Waals surface area contributed by atoms with Crippen LogP contribution in [-0.4, -0.2) is 74.4 Å². The van der Waals surface area contributed by atoms with Crippen LogP contribution in [0.1, 0.15) is 17.2 Å². The summed E-state index contributed by atoms with van der Waals surface area (Å²) in [5, 5.41) is 3.78. The van der Waals surface area contributed by atoms with E-state index in [0.717, 1.165) is 38.2 Å². The number of aryl methyl sites for hydroxylation is 1. The molecule has 0 saturated carbocycles. The van der Waals surface area contributed by atoms with Crippen molar-refractivity contribution in [2.24, 2.45) is 13.5 Å². The molecule has 0 fully saturated rings. The first-order valence-electron chi connectivity index (χ1n) is 20.5. The molecule has 3 heterocycles. The van der Waals surface area contributed by atoms with Crippen molar-refractivity contribution in [2.45, 2.75) is 17.9 Å². The Morgan fingerprint density at radius 3 is 1.77 bits per heavy atom. The second-order valence-corrected chi connectivity index (χ2v) is 23.9. The third-order valence-electron chi connectivity index (χ3n) is 10.3. The molecule has 9 rings (SSSR count). The highest BCUT2D eigenvalue weighted by Gasteiger charge is 2.46. The number of carbonyl (C=O) groups is 1. The van der Waals surface area contributed by atoms with E-state index in [2.05, 4.69) is 4.72 Å². The van der Waals surface area contributed by atoms with Crippen LogP contribution in [0.25, 0.3) is 32.7 Å². The van der Waals surface area contributed by atoms with Crippen LogP contribution in [-0.2, 0) is 42.8 Å². The second kappa shape index (κ2) is 19.3. The fourth-order valence-corrected chi connectivity index (χ4v) is 18.6. The number of nitrogens with zero attached hydrogens (tertiary/aromatic N) is 3. The number of esters is 1. The maximum absolute atomic E-state index is 13.5. The molecule has 0 aliphatic carbocycles. The zero-order chi connectivity index (χ0) is 45.1. The van der Waals surface area contributed by atoms with Crippen LogP contribution in [0.2, 0.25) is 0 Å². The molecule has 2 unspecified atom stereocenters. The molecule has 1 N–H and O–H groups in total. The number of ether oxygens (including phenoxy) is 4. The summed E-state index contributed by atoms with van der Waals surface area (Å²) in [4.78, 5) is 13.1. The van der Waals surface area contributed by atoms with Crippen LogP contribution in [0, 0.1) is 6.92 Å². The lowest BCUT2D eigenvalue weighted by Gasteiger charge is -2.31. The molecule has 0 saturated heterocycles. The Morgan fingerprint density at radius 2 is 1.20 bits per heavy atom. The van der Waals surface area contributed by atoms with Crippen molar-refractivity contribution >= 4 is 70.9 Å². The lowest BCUT2D eigenvalue weighted by Crippen LogP contribution is -2.34. The third-order valence-corrected chi connectivity index (χ3v) is 21.0. The lowest BCUT2D eigenvalue weighted by atomic mass is 9.92. The third kappa shape index (κ3) is 10.1. The predicted molar refractivity (Wildman–Crippen MR) is 250 cm³/mol. The summed E-state index contributed by atoms with van der Waals surface area (Å²) in [5.74, 6) is 0.201. The minimum absolute atomic E-state index is 0.0159. The molecule has 2 bridgehead atoms. The van der Waals surface area contributed by atoms with Gasteiger partial charge in [0.25, 0.3) is 0 Å². The molecular weight excluding hydrogens is 937 g/mol. The molecule has 1 spiro atoms. The number of methoxy groups -OCH3 is 1. The van der Waals surface area contributed by atoms with Gasteiger partial charge in [-0.2, -0.15) is 4.72 Å². The Balaban J connectivity index is 1.18. The van der Waals surface area contributed by atoms with Crippen molar-refractivity contribution in [1.29, 1.82) is 0 Å². The molecular formula is C44H44ClN4O12P3S. The number of hydrogen-bond donors (Lipinski definition) is 1. The molecule has 6 aromatic carbocycles. The number of rotatable bonds is 7. The molecule has 21 heteroatoms. The number of benzene rings is 6. The van der Waals surface area contributed by atoms with Gasteiger partial charge in [0.1, 0.15) is 23.3 Å². The summed E-state index contributed by atoms with van der Waals surface area (Å²) in [7, 11) is -11.1. The van der Waals surface area contributed by atoms with Gasteiger partial charge in [0, 0.05) is 11.1 Å². The van der Waals surface area contributed by atoms with Crippen molar-refractivity contribution in [3.05, 3.63) is 132 Å². The average Bonchev–Trinajstić information content (AvgIpc) is 3.43. The Bertz CT molecular complexity index is 2960. The summed E-state index contributed by atoms with van der Waals surface area (Å²) in [6, 6.07) is 34.5. The predicted octanol–water partition coefficient (Wildman–Crippen LogP) is 11.2. The largest absolute Gasteiger partial charge is 0.468 e. The van der Waals surface area contributed by atoms with Crippen LogP contribution in [0.15, 0.2) is 140 Å². The first kappa shape index (κ1) is 45.6. The van der Waals surface area contributed by atoms with Gasteiger partial charge in [0.05, 0.1) is 64.9 Å². The topological polar surface area (TPSA) is 183 Å². The number of halogens is 1. The quantitative estimate of drug-likeness (QED) is 0.118. The van der Waals surface area contributed by atoms with Gasteiger partial charge < -0.3 is 37.0 Å². The number of carbonyl (C=O) groups excluding carboxylic acids is 1. The zero-order valence-electron chi connectivity index (χ0n) is 35.1. The number of fused-ring (bicyclic) bond motifs is 8. The van der Waals surface area contributed by atoms with Gasteiger partial charge >= 0.3 is 28.1 Å². The van der Waals surface area contributed by atoms with E-state index in [-0.39, 0.29) is 49.2 Å². The van der Waals surface area contributed by atoms with Crippen LogP contribution >= 0.6 is 33.3 Å². The first-order chi connectivity index (χ1) is 31.5. The van der Waals surface area contributed by atoms with E-state index >= 15 is 0 Å². The Kier molecular flexibility index (Phi) is 13.5. The molecule has 65 heavy (non-hydrogen) atoms. The standard InChI is InChI=1S/C44H44ClN4O12P3S/c1-31-11-19-36(20-12-31)65(51,52)46-43(44(50)53-2)34-13-17-35(18-14-34)59-63-47-62(45,57-29-27-55-25-23-54-24-26-56-28-30-58-63)48-64(49-63)60-39-21-15-32-7-3-5-9-37(32)41(39)42-38-10-6-4-8-33(38)16-22-40(42)61-64/h3-22,43,46H,23-30H2,1-2H3/t43-,62?,63?/m1/s1. The molecule has 0 radical (unpaired) electrons. The highest BCUT2D eigenvalue weighted by Crippen LogP contribution is 2.81. The van der Waals surface area contributed by atoms with Crippen molar-refractivity contribution in [2.75, 3.05) is 60.0 Å². The van der Waals surface area contributed by atoms with E-state index in [9.17, 15) is 13.2 Å². The molecule has 0 aromatic heterocycles. The van der Waals surface area contributed by atoms with E-state index in [1.165, 1.54) is 43.5 Å². The highest BCUT2D eigenvalue weighted by molar-refractivity contribution is 7.94. The number of nitrogens with one attached hydrogen (secondary N) is 1. The van der Waals surface area contributed by atoms with E-state index in [4.69, 9.17) is 66.4 Å². The SMILES string of the molecule is COC(=O)[C@H](NS(=O)(=O)c1ccc(C)cc1)c1ccc(OP23=NP4(=NP(Cl)(=N2)OCCOCCOCCOCCO3)Oc2ccc3ccccc3c2-c2c(ccc3ccccc23)O4)cc1. The van der Waals surface area contributed by atoms with E-state index in [0.29, 0.717) is 31.3 Å². The fourth-order valence-electron chi connectivity index (χ4n) is 7.30. The van der Waals surface area contributed by atoms with Gasteiger partial charge in [-0.15, -0.1) is 13.5 Å². The summed E-state index contributed by atoms with van der Waals surface area (Å²) in [6.45, 7) is -0.576. The van der Waals surface area contributed by atoms with Gasteiger partial charge in [-0.1, -0.05) is 90.5 Å². The minimum atomic E-state index is -4.16. The maximum atomic E-state index is 13.5. The van der Waals surface area contributed by atoms with E-state index < -0.39 is 44.1 Å².